The number of H-pyrrole nitrogens is 1. The molecule has 0 aliphatic rings. The fourth-order valence-electron chi connectivity index (χ4n) is 2.38. The minimum atomic E-state index is -0.549. The van der Waals surface area contributed by atoms with E-state index in [-0.39, 0.29) is 22.9 Å². The Bertz CT molecular complexity index is 1090. The van der Waals surface area contributed by atoms with E-state index < -0.39 is 11.2 Å². The second-order valence-electron chi connectivity index (χ2n) is 5.25. The van der Waals surface area contributed by atoms with Gasteiger partial charge in [-0.2, -0.15) is 10.1 Å². The van der Waals surface area contributed by atoms with E-state index in [0.717, 1.165) is 0 Å². The fourth-order valence-corrected chi connectivity index (χ4v) is 2.38. The Morgan fingerprint density at radius 3 is 2.80 bits per heavy atom. The monoisotopic (exact) mass is 344 g/mol. The van der Waals surface area contributed by atoms with Gasteiger partial charge in [-0.3, -0.25) is 14.3 Å². The van der Waals surface area contributed by atoms with Crippen molar-refractivity contribution in [3.63, 3.8) is 0 Å². The lowest BCUT2D eigenvalue weighted by Crippen LogP contribution is -2.29. The van der Waals surface area contributed by atoms with E-state index in [4.69, 9.17) is 4.74 Å². The Hall–Kier alpha value is -3.56. The Morgan fingerprint density at radius 1 is 1.32 bits per heavy atom. The Balaban J connectivity index is 1.96. The summed E-state index contributed by atoms with van der Waals surface area (Å²) in [5, 5.41) is 14.0. The van der Waals surface area contributed by atoms with E-state index in [9.17, 15) is 14.7 Å². The number of nitrogens with zero attached hydrogens (tertiary/aromatic N) is 4. The molecule has 3 aromatic rings. The number of para-hydroxylation sites is 1. The summed E-state index contributed by atoms with van der Waals surface area (Å²) in [4.78, 5) is 30.0. The average Bonchev–Trinajstić information content (AvgIpc) is 2.92. The maximum absolute atomic E-state index is 12.0. The quantitative estimate of drug-likeness (QED) is 0.456. The average molecular weight is 344 g/mol. The van der Waals surface area contributed by atoms with Crippen LogP contribution in [-0.2, 0) is 14.1 Å². The van der Waals surface area contributed by atoms with Gasteiger partial charge in [-0.1, -0.05) is 6.07 Å². The van der Waals surface area contributed by atoms with Crippen LogP contribution in [0.5, 0.6) is 11.5 Å². The second-order valence-corrected chi connectivity index (χ2v) is 5.25. The van der Waals surface area contributed by atoms with Gasteiger partial charge in [-0.05, 0) is 12.1 Å². The zero-order valence-corrected chi connectivity index (χ0v) is 13.8. The lowest BCUT2D eigenvalue weighted by molar-refractivity contribution is 0.373. The minimum absolute atomic E-state index is 0.0422. The number of anilines is 1. The predicted molar refractivity (Wildman–Crippen MR) is 92.5 cm³/mol. The lowest BCUT2D eigenvalue weighted by atomic mass is 10.2. The standard InChI is InChI=1S/C15H16N6O4/c1-20-10-12(21(2)15(24)18-13(10)23)17-14(20)19-16-7-8-5-4-6-9(25-3)11(8)22/h4-7,22H,1-3H3,(H,17,19)(H,18,23,24)/b16-7-. The van der Waals surface area contributed by atoms with Crippen LogP contribution in [0, 0.1) is 0 Å². The first kappa shape index (κ1) is 16.3. The molecule has 0 atom stereocenters. The van der Waals surface area contributed by atoms with Gasteiger partial charge in [0.15, 0.2) is 22.7 Å². The third-order valence-corrected chi connectivity index (χ3v) is 3.75. The van der Waals surface area contributed by atoms with E-state index in [1.165, 1.54) is 29.5 Å². The molecule has 10 heteroatoms. The Morgan fingerprint density at radius 2 is 2.08 bits per heavy atom. The molecule has 2 aromatic heterocycles. The summed E-state index contributed by atoms with van der Waals surface area (Å²) >= 11 is 0. The highest BCUT2D eigenvalue weighted by Crippen LogP contribution is 2.28. The summed E-state index contributed by atoms with van der Waals surface area (Å²) in [6.07, 6.45) is 1.39. The van der Waals surface area contributed by atoms with Crippen LogP contribution >= 0.6 is 0 Å². The number of benzene rings is 1. The van der Waals surface area contributed by atoms with Crippen LogP contribution in [0.15, 0.2) is 32.9 Å². The molecule has 0 amide bonds. The van der Waals surface area contributed by atoms with Gasteiger partial charge in [0.25, 0.3) is 5.56 Å². The summed E-state index contributed by atoms with van der Waals surface area (Å²) in [5.74, 6) is 0.549. The van der Waals surface area contributed by atoms with Crippen molar-refractivity contribution in [3.8, 4) is 11.5 Å². The van der Waals surface area contributed by atoms with Crippen molar-refractivity contribution >= 4 is 23.3 Å². The molecule has 2 heterocycles. The van der Waals surface area contributed by atoms with Crippen molar-refractivity contribution in [2.45, 2.75) is 0 Å². The molecule has 0 aliphatic heterocycles. The van der Waals surface area contributed by atoms with Crippen LogP contribution in [0.4, 0.5) is 5.95 Å². The summed E-state index contributed by atoms with van der Waals surface area (Å²) in [7, 11) is 4.58. The fraction of sp³-hybridized carbons (Fsp3) is 0.200. The third kappa shape index (κ3) is 2.73. The topological polar surface area (TPSA) is 127 Å². The van der Waals surface area contributed by atoms with Crippen LogP contribution < -0.4 is 21.4 Å². The molecule has 0 saturated heterocycles. The van der Waals surface area contributed by atoms with Crippen molar-refractivity contribution in [1.82, 2.24) is 19.1 Å². The Kier molecular flexibility index (Phi) is 4.01. The molecule has 0 bridgehead atoms. The molecule has 0 saturated carbocycles. The molecule has 0 radical (unpaired) electrons. The first-order valence-electron chi connectivity index (χ1n) is 7.24. The van der Waals surface area contributed by atoms with Crippen LogP contribution in [0.25, 0.3) is 11.2 Å². The number of methoxy groups -OCH3 is 1. The zero-order chi connectivity index (χ0) is 18.1. The molecule has 0 aliphatic carbocycles. The van der Waals surface area contributed by atoms with Gasteiger partial charge < -0.3 is 14.4 Å². The highest BCUT2D eigenvalue weighted by molar-refractivity contribution is 5.85. The maximum atomic E-state index is 12.0. The molecule has 1 aromatic carbocycles. The number of rotatable bonds is 4. The van der Waals surface area contributed by atoms with Crippen molar-refractivity contribution in [3.05, 3.63) is 44.6 Å². The number of aromatic amines is 1. The molecule has 10 nitrogen and oxygen atoms in total. The van der Waals surface area contributed by atoms with Gasteiger partial charge in [-0.25, -0.2) is 10.2 Å². The lowest BCUT2D eigenvalue weighted by Gasteiger charge is -2.05. The predicted octanol–water partition coefficient (Wildman–Crippen LogP) is 0.120. The highest BCUT2D eigenvalue weighted by Gasteiger charge is 2.14. The molecule has 0 spiro atoms. The van der Waals surface area contributed by atoms with Crippen molar-refractivity contribution in [2.24, 2.45) is 19.2 Å². The highest BCUT2D eigenvalue weighted by atomic mass is 16.5. The van der Waals surface area contributed by atoms with Gasteiger partial charge in [0.2, 0.25) is 5.95 Å². The third-order valence-electron chi connectivity index (χ3n) is 3.75. The van der Waals surface area contributed by atoms with Crippen molar-refractivity contribution < 1.29 is 9.84 Å². The van der Waals surface area contributed by atoms with E-state index in [1.54, 1.807) is 25.2 Å². The number of aromatic hydroxyl groups is 1. The number of fused-ring (bicyclic) bond motifs is 1. The van der Waals surface area contributed by atoms with E-state index in [1.807, 2.05) is 0 Å². The number of ether oxygens (including phenoxy) is 1. The summed E-state index contributed by atoms with van der Waals surface area (Å²) in [6, 6.07) is 5.00. The van der Waals surface area contributed by atoms with Gasteiger partial charge >= 0.3 is 5.69 Å². The molecule has 25 heavy (non-hydrogen) atoms. The SMILES string of the molecule is COc1cccc(/C=N\Nc2nc3c(c(=O)[nH]c(=O)n3C)n2C)c1O. The molecular formula is C15H16N6O4. The number of hydrazone groups is 1. The van der Waals surface area contributed by atoms with Crippen LogP contribution in [0.1, 0.15) is 5.56 Å². The molecule has 0 fully saturated rings. The number of hydrogen-bond donors (Lipinski definition) is 3. The van der Waals surface area contributed by atoms with Crippen LogP contribution in [-0.4, -0.2) is 37.5 Å². The number of aromatic nitrogens is 4. The van der Waals surface area contributed by atoms with Gasteiger partial charge in [0.05, 0.1) is 13.3 Å². The largest absolute Gasteiger partial charge is 0.504 e. The summed E-state index contributed by atoms with van der Waals surface area (Å²) < 4.78 is 7.75. The molecular weight excluding hydrogens is 328 g/mol. The number of hydrogen-bond acceptors (Lipinski definition) is 7. The smallest absolute Gasteiger partial charge is 0.329 e. The molecule has 0 unspecified atom stereocenters. The Labute approximate surface area is 141 Å². The molecule has 130 valence electrons. The van der Waals surface area contributed by atoms with Gasteiger partial charge in [0.1, 0.15) is 0 Å². The van der Waals surface area contributed by atoms with E-state index in [0.29, 0.717) is 11.3 Å². The number of phenols is 1. The number of nitrogens with one attached hydrogen (secondary N) is 2. The summed E-state index contributed by atoms with van der Waals surface area (Å²) in [6.45, 7) is 0. The number of aryl methyl sites for hydroxylation is 2. The molecule has 3 N–H and O–H groups in total. The number of phenolic OH excluding ortho intramolecular Hbond substituents is 1. The van der Waals surface area contributed by atoms with Crippen LogP contribution in [0.3, 0.4) is 0 Å². The van der Waals surface area contributed by atoms with Crippen LogP contribution in [0.2, 0.25) is 0 Å². The van der Waals surface area contributed by atoms with E-state index in [2.05, 4.69) is 20.5 Å². The normalized spacial score (nSPS) is 11.3. The first-order valence-corrected chi connectivity index (χ1v) is 7.24. The van der Waals surface area contributed by atoms with E-state index >= 15 is 0 Å². The van der Waals surface area contributed by atoms with Crippen molar-refractivity contribution in [2.75, 3.05) is 12.5 Å². The number of imidazole rings is 1. The van der Waals surface area contributed by atoms with Gasteiger partial charge in [0, 0.05) is 19.7 Å². The minimum Gasteiger partial charge on any atom is -0.504 e. The maximum Gasteiger partial charge on any atom is 0.329 e. The van der Waals surface area contributed by atoms with Crippen molar-refractivity contribution in [1.29, 1.82) is 0 Å². The second kappa shape index (κ2) is 6.15. The summed E-state index contributed by atoms with van der Waals surface area (Å²) in [5.41, 5.74) is 2.52. The zero-order valence-electron chi connectivity index (χ0n) is 13.8. The first-order chi connectivity index (χ1) is 11.9. The van der Waals surface area contributed by atoms with Gasteiger partial charge in [-0.15, -0.1) is 0 Å². The molecule has 3 rings (SSSR count).